The number of benzene rings is 1. The lowest BCUT2D eigenvalue weighted by molar-refractivity contribution is 0.601. The molecule has 2 rings (SSSR count). The van der Waals surface area contributed by atoms with Gasteiger partial charge in [-0.3, -0.25) is 0 Å². The zero-order chi connectivity index (χ0) is 12.4. The van der Waals surface area contributed by atoms with Crippen molar-refractivity contribution in [3.05, 3.63) is 29.6 Å². The molecule has 0 aromatic heterocycles. The van der Waals surface area contributed by atoms with Gasteiger partial charge in [-0.05, 0) is 62.7 Å². The predicted molar refractivity (Wildman–Crippen MR) is 72.9 cm³/mol. The molecule has 1 aromatic carbocycles. The summed E-state index contributed by atoms with van der Waals surface area (Å²) in [6.45, 7) is 4.97. The van der Waals surface area contributed by atoms with E-state index in [1.165, 1.54) is 6.07 Å². The Balaban J connectivity index is 2.36. The number of nitrogens with one attached hydrogen (secondary N) is 1. The SMILES string of the molecule is CCNC(=S)N1c2ccc(F)cc2CCC1C. The monoisotopic (exact) mass is 252 g/mol. The first kappa shape index (κ1) is 12.3. The molecule has 0 radical (unpaired) electrons. The molecule has 0 amide bonds. The van der Waals surface area contributed by atoms with E-state index in [4.69, 9.17) is 12.2 Å². The summed E-state index contributed by atoms with van der Waals surface area (Å²) in [6, 6.07) is 5.30. The average molecular weight is 252 g/mol. The standard InChI is InChI=1S/C13H17FN2S/c1-3-15-13(17)16-9(2)4-5-10-8-11(14)6-7-12(10)16/h6-9H,3-5H2,1-2H3,(H,15,17). The lowest BCUT2D eigenvalue weighted by atomic mass is 9.97. The number of hydrogen-bond donors (Lipinski definition) is 1. The van der Waals surface area contributed by atoms with Gasteiger partial charge in [0.2, 0.25) is 0 Å². The van der Waals surface area contributed by atoms with Crippen molar-refractivity contribution in [3.63, 3.8) is 0 Å². The van der Waals surface area contributed by atoms with E-state index >= 15 is 0 Å². The average Bonchev–Trinajstić information content (AvgIpc) is 2.29. The molecule has 0 saturated heterocycles. The van der Waals surface area contributed by atoms with Crippen LogP contribution < -0.4 is 10.2 Å². The third kappa shape index (κ3) is 2.41. The van der Waals surface area contributed by atoms with Crippen molar-refractivity contribution in [2.75, 3.05) is 11.4 Å². The Hall–Kier alpha value is -1.16. The Kier molecular flexibility index (Phi) is 3.62. The van der Waals surface area contributed by atoms with Gasteiger partial charge in [0.25, 0.3) is 0 Å². The van der Waals surface area contributed by atoms with Crippen LogP contribution in [0, 0.1) is 5.82 Å². The van der Waals surface area contributed by atoms with Crippen LogP contribution in [0.15, 0.2) is 18.2 Å². The quantitative estimate of drug-likeness (QED) is 0.774. The predicted octanol–water partition coefficient (Wildman–Crippen LogP) is 2.86. The molecule has 1 heterocycles. The van der Waals surface area contributed by atoms with Crippen molar-refractivity contribution in [1.82, 2.24) is 5.32 Å². The van der Waals surface area contributed by atoms with Crippen molar-refractivity contribution in [2.45, 2.75) is 32.7 Å². The fraction of sp³-hybridized carbons (Fsp3) is 0.462. The summed E-state index contributed by atoms with van der Waals surface area (Å²) < 4.78 is 13.2. The molecule has 1 aliphatic heterocycles. The highest BCUT2D eigenvalue weighted by atomic mass is 32.1. The number of halogens is 1. The van der Waals surface area contributed by atoms with Gasteiger partial charge < -0.3 is 10.2 Å². The van der Waals surface area contributed by atoms with Gasteiger partial charge in [0.1, 0.15) is 5.82 Å². The molecule has 0 aliphatic carbocycles. The number of hydrogen-bond acceptors (Lipinski definition) is 1. The van der Waals surface area contributed by atoms with Gasteiger partial charge in [-0.15, -0.1) is 0 Å². The summed E-state index contributed by atoms with van der Waals surface area (Å²) >= 11 is 5.38. The van der Waals surface area contributed by atoms with Crippen LogP contribution in [0.2, 0.25) is 0 Å². The maximum Gasteiger partial charge on any atom is 0.173 e. The minimum Gasteiger partial charge on any atom is -0.363 e. The van der Waals surface area contributed by atoms with E-state index in [-0.39, 0.29) is 5.82 Å². The van der Waals surface area contributed by atoms with Crippen LogP contribution in [0.5, 0.6) is 0 Å². The second kappa shape index (κ2) is 5.00. The molecular formula is C13H17FN2S. The zero-order valence-corrected chi connectivity index (χ0v) is 11.0. The van der Waals surface area contributed by atoms with Gasteiger partial charge in [0.05, 0.1) is 0 Å². The normalized spacial score (nSPS) is 18.8. The largest absolute Gasteiger partial charge is 0.363 e. The lowest BCUT2D eigenvalue weighted by Gasteiger charge is -2.37. The molecule has 0 spiro atoms. The summed E-state index contributed by atoms with van der Waals surface area (Å²) in [7, 11) is 0. The molecule has 1 aliphatic rings. The number of anilines is 1. The number of rotatable bonds is 1. The van der Waals surface area contributed by atoms with Gasteiger partial charge in [-0.1, -0.05) is 0 Å². The highest BCUT2D eigenvalue weighted by Gasteiger charge is 2.25. The van der Waals surface area contributed by atoms with Gasteiger partial charge >= 0.3 is 0 Å². The third-order valence-electron chi connectivity index (χ3n) is 3.12. The second-order valence-corrected chi connectivity index (χ2v) is 4.75. The molecule has 2 nitrogen and oxygen atoms in total. The van der Waals surface area contributed by atoms with E-state index in [0.717, 1.165) is 35.7 Å². The molecular weight excluding hydrogens is 235 g/mol. The maximum absolute atomic E-state index is 13.2. The van der Waals surface area contributed by atoms with Crippen LogP contribution in [-0.2, 0) is 6.42 Å². The van der Waals surface area contributed by atoms with Gasteiger partial charge in [-0.2, -0.15) is 0 Å². The van der Waals surface area contributed by atoms with Crippen LogP contribution in [0.1, 0.15) is 25.8 Å². The Morgan fingerprint density at radius 3 is 3.06 bits per heavy atom. The molecule has 0 fully saturated rings. The summed E-state index contributed by atoms with van der Waals surface area (Å²) in [5, 5.41) is 3.89. The van der Waals surface area contributed by atoms with E-state index < -0.39 is 0 Å². The Bertz CT molecular complexity index is 433. The van der Waals surface area contributed by atoms with Crippen molar-refractivity contribution < 1.29 is 4.39 Å². The Morgan fingerprint density at radius 1 is 1.59 bits per heavy atom. The van der Waals surface area contributed by atoms with E-state index in [0.29, 0.717) is 6.04 Å². The maximum atomic E-state index is 13.2. The van der Waals surface area contributed by atoms with Crippen molar-refractivity contribution >= 4 is 23.0 Å². The minimum absolute atomic E-state index is 0.173. The summed E-state index contributed by atoms with van der Waals surface area (Å²) in [6.07, 6.45) is 1.92. The second-order valence-electron chi connectivity index (χ2n) is 4.37. The first-order valence-corrected chi connectivity index (χ1v) is 6.39. The molecule has 1 atom stereocenters. The molecule has 1 aromatic rings. The first-order valence-electron chi connectivity index (χ1n) is 5.99. The topological polar surface area (TPSA) is 15.3 Å². The molecule has 0 saturated carbocycles. The third-order valence-corrected chi connectivity index (χ3v) is 3.46. The van der Waals surface area contributed by atoms with Gasteiger partial charge in [-0.25, -0.2) is 4.39 Å². The summed E-state index contributed by atoms with van der Waals surface area (Å²) in [5.74, 6) is -0.173. The van der Waals surface area contributed by atoms with Gasteiger partial charge in [0, 0.05) is 18.3 Å². The van der Waals surface area contributed by atoms with E-state index in [1.54, 1.807) is 6.07 Å². The van der Waals surface area contributed by atoms with Crippen LogP contribution >= 0.6 is 12.2 Å². The molecule has 17 heavy (non-hydrogen) atoms. The number of aryl methyl sites for hydroxylation is 1. The van der Waals surface area contributed by atoms with Crippen LogP contribution in [0.4, 0.5) is 10.1 Å². The lowest BCUT2D eigenvalue weighted by Crippen LogP contribution is -2.47. The van der Waals surface area contributed by atoms with Crippen molar-refractivity contribution in [2.24, 2.45) is 0 Å². The van der Waals surface area contributed by atoms with Crippen LogP contribution in [0.3, 0.4) is 0 Å². The number of thiocarbonyl (C=S) groups is 1. The first-order chi connectivity index (χ1) is 8.13. The Morgan fingerprint density at radius 2 is 2.35 bits per heavy atom. The van der Waals surface area contributed by atoms with Crippen LogP contribution in [-0.4, -0.2) is 17.7 Å². The molecule has 1 unspecified atom stereocenters. The highest BCUT2D eigenvalue weighted by Crippen LogP contribution is 2.31. The van der Waals surface area contributed by atoms with Crippen molar-refractivity contribution in [3.8, 4) is 0 Å². The van der Waals surface area contributed by atoms with E-state index in [2.05, 4.69) is 17.1 Å². The molecule has 4 heteroatoms. The summed E-state index contributed by atoms with van der Waals surface area (Å²) in [5.41, 5.74) is 2.08. The zero-order valence-electron chi connectivity index (χ0n) is 10.2. The summed E-state index contributed by atoms with van der Waals surface area (Å²) in [4.78, 5) is 2.09. The fourth-order valence-electron chi connectivity index (χ4n) is 2.27. The number of nitrogens with zero attached hydrogens (tertiary/aromatic N) is 1. The van der Waals surface area contributed by atoms with E-state index in [9.17, 15) is 4.39 Å². The Labute approximate surface area is 107 Å². The minimum atomic E-state index is -0.173. The van der Waals surface area contributed by atoms with Crippen molar-refractivity contribution in [1.29, 1.82) is 0 Å². The molecule has 92 valence electrons. The van der Waals surface area contributed by atoms with E-state index in [1.807, 2.05) is 13.0 Å². The highest BCUT2D eigenvalue weighted by molar-refractivity contribution is 7.80. The van der Waals surface area contributed by atoms with Crippen LogP contribution in [0.25, 0.3) is 0 Å². The number of fused-ring (bicyclic) bond motifs is 1. The molecule has 0 bridgehead atoms. The van der Waals surface area contributed by atoms with Gasteiger partial charge in [0.15, 0.2) is 5.11 Å². The smallest absolute Gasteiger partial charge is 0.173 e. The molecule has 1 N–H and O–H groups in total. The fourth-order valence-corrected chi connectivity index (χ4v) is 2.69.